The summed E-state index contributed by atoms with van der Waals surface area (Å²) < 4.78 is 0. The third-order valence-corrected chi connectivity index (χ3v) is 3.11. The van der Waals surface area contributed by atoms with E-state index in [4.69, 9.17) is 0 Å². The molecule has 1 aromatic carbocycles. The Balaban J connectivity index is 1.71. The highest BCUT2D eigenvalue weighted by molar-refractivity contribution is 5.96. The normalized spacial score (nSPS) is 10.0. The molecule has 5 nitrogen and oxygen atoms in total. The first-order valence-electron chi connectivity index (χ1n) is 7.11. The summed E-state index contributed by atoms with van der Waals surface area (Å²) in [4.78, 5) is 27.4. The SMILES string of the molecule is Cc1cccc(CNC(=O)CC(=O)NCc2cccnc2)c1. The van der Waals surface area contributed by atoms with Crippen LogP contribution >= 0.6 is 0 Å². The molecule has 0 fully saturated rings. The molecule has 0 aliphatic heterocycles. The first-order valence-corrected chi connectivity index (χ1v) is 7.11. The lowest BCUT2D eigenvalue weighted by atomic mass is 10.1. The van der Waals surface area contributed by atoms with Crippen molar-refractivity contribution in [1.82, 2.24) is 15.6 Å². The summed E-state index contributed by atoms with van der Waals surface area (Å²) in [5.41, 5.74) is 3.06. The number of aryl methyl sites for hydroxylation is 1. The van der Waals surface area contributed by atoms with Crippen LogP contribution < -0.4 is 10.6 Å². The van der Waals surface area contributed by atoms with Gasteiger partial charge in [-0.05, 0) is 24.1 Å². The zero-order valence-electron chi connectivity index (χ0n) is 12.5. The summed E-state index contributed by atoms with van der Waals surface area (Å²) in [5, 5.41) is 5.44. The Kier molecular flexibility index (Phi) is 5.65. The molecular formula is C17H19N3O2. The second kappa shape index (κ2) is 7.93. The molecule has 0 aliphatic rings. The van der Waals surface area contributed by atoms with Gasteiger partial charge >= 0.3 is 0 Å². The highest BCUT2D eigenvalue weighted by atomic mass is 16.2. The fraction of sp³-hybridized carbons (Fsp3) is 0.235. The van der Waals surface area contributed by atoms with Crippen LogP contribution in [0.2, 0.25) is 0 Å². The predicted octanol–water partition coefficient (Wildman–Crippen LogP) is 1.71. The van der Waals surface area contributed by atoms with Crippen LogP contribution in [0.15, 0.2) is 48.8 Å². The van der Waals surface area contributed by atoms with Gasteiger partial charge in [0.25, 0.3) is 0 Å². The maximum Gasteiger partial charge on any atom is 0.229 e. The number of hydrogen-bond acceptors (Lipinski definition) is 3. The van der Waals surface area contributed by atoms with Crippen molar-refractivity contribution in [3.05, 3.63) is 65.5 Å². The Hall–Kier alpha value is -2.69. The Bertz CT molecular complexity index is 641. The summed E-state index contributed by atoms with van der Waals surface area (Å²) in [5.74, 6) is -0.587. The molecule has 0 spiro atoms. The van der Waals surface area contributed by atoms with E-state index >= 15 is 0 Å². The number of amides is 2. The van der Waals surface area contributed by atoms with Crippen LogP contribution in [-0.4, -0.2) is 16.8 Å². The van der Waals surface area contributed by atoms with Crippen molar-refractivity contribution in [2.75, 3.05) is 0 Å². The molecule has 114 valence electrons. The number of aromatic nitrogens is 1. The number of hydrogen-bond donors (Lipinski definition) is 2. The second-order valence-corrected chi connectivity index (χ2v) is 5.08. The third-order valence-electron chi connectivity index (χ3n) is 3.11. The van der Waals surface area contributed by atoms with Crippen LogP contribution in [0.3, 0.4) is 0 Å². The monoisotopic (exact) mass is 297 g/mol. The number of carbonyl (C=O) groups is 2. The molecular weight excluding hydrogens is 278 g/mol. The van der Waals surface area contributed by atoms with Crippen LogP contribution in [0.5, 0.6) is 0 Å². The Morgan fingerprint density at radius 3 is 2.32 bits per heavy atom. The summed E-state index contributed by atoms with van der Waals surface area (Å²) in [6, 6.07) is 11.5. The van der Waals surface area contributed by atoms with E-state index < -0.39 is 0 Å². The van der Waals surface area contributed by atoms with Gasteiger partial charge < -0.3 is 10.6 Å². The quantitative estimate of drug-likeness (QED) is 0.797. The third kappa shape index (κ3) is 5.36. The molecule has 0 unspecified atom stereocenters. The molecule has 1 heterocycles. The molecule has 0 aliphatic carbocycles. The van der Waals surface area contributed by atoms with Crippen molar-refractivity contribution in [3.63, 3.8) is 0 Å². The minimum atomic E-state index is -0.300. The van der Waals surface area contributed by atoms with Crippen LogP contribution in [0.4, 0.5) is 0 Å². The first kappa shape index (κ1) is 15.7. The second-order valence-electron chi connectivity index (χ2n) is 5.08. The number of rotatable bonds is 6. The first-order chi connectivity index (χ1) is 10.6. The largest absolute Gasteiger partial charge is 0.352 e. The zero-order chi connectivity index (χ0) is 15.8. The van der Waals surface area contributed by atoms with Crippen LogP contribution in [0.25, 0.3) is 0 Å². The molecule has 0 saturated heterocycles. The number of benzene rings is 1. The topological polar surface area (TPSA) is 71.1 Å². The van der Waals surface area contributed by atoms with Crippen molar-refractivity contribution in [1.29, 1.82) is 0 Å². The number of nitrogens with zero attached hydrogens (tertiary/aromatic N) is 1. The lowest BCUT2D eigenvalue weighted by molar-refractivity contribution is -0.129. The molecule has 5 heteroatoms. The van der Waals surface area contributed by atoms with E-state index in [1.54, 1.807) is 18.5 Å². The van der Waals surface area contributed by atoms with E-state index in [0.29, 0.717) is 13.1 Å². The minimum absolute atomic E-state index is 0.175. The van der Waals surface area contributed by atoms with Crippen molar-refractivity contribution >= 4 is 11.8 Å². The molecule has 0 radical (unpaired) electrons. The van der Waals surface area contributed by atoms with Gasteiger partial charge in [-0.1, -0.05) is 35.9 Å². The van der Waals surface area contributed by atoms with Crippen LogP contribution in [-0.2, 0) is 22.7 Å². The van der Waals surface area contributed by atoms with Crippen LogP contribution in [0, 0.1) is 6.92 Å². The van der Waals surface area contributed by atoms with Gasteiger partial charge in [-0.15, -0.1) is 0 Å². The van der Waals surface area contributed by atoms with Crippen molar-refractivity contribution in [3.8, 4) is 0 Å². The van der Waals surface area contributed by atoms with Gasteiger partial charge in [0.1, 0.15) is 6.42 Å². The smallest absolute Gasteiger partial charge is 0.229 e. The molecule has 2 aromatic rings. The average Bonchev–Trinajstić information content (AvgIpc) is 2.52. The van der Waals surface area contributed by atoms with Gasteiger partial charge in [-0.2, -0.15) is 0 Å². The van der Waals surface area contributed by atoms with Crippen molar-refractivity contribution in [2.24, 2.45) is 0 Å². The molecule has 2 N–H and O–H groups in total. The Morgan fingerprint density at radius 1 is 1.00 bits per heavy atom. The van der Waals surface area contributed by atoms with Gasteiger partial charge in [-0.3, -0.25) is 14.6 Å². The molecule has 0 bridgehead atoms. The van der Waals surface area contributed by atoms with E-state index in [0.717, 1.165) is 16.7 Å². The van der Waals surface area contributed by atoms with E-state index in [1.807, 2.05) is 37.3 Å². The number of pyridine rings is 1. The zero-order valence-corrected chi connectivity index (χ0v) is 12.5. The Labute approximate surface area is 129 Å². The van der Waals surface area contributed by atoms with E-state index in [9.17, 15) is 9.59 Å². The number of nitrogens with one attached hydrogen (secondary N) is 2. The summed E-state index contributed by atoms with van der Waals surface area (Å²) in [6.07, 6.45) is 3.17. The van der Waals surface area contributed by atoms with Crippen molar-refractivity contribution in [2.45, 2.75) is 26.4 Å². The summed E-state index contributed by atoms with van der Waals surface area (Å²) >= 11 is 0. The summed E-state index contributed by atoms with van der Waals surface area (Å²) in [6.45, 7) is 2.80. The van der Waals surface area contributed by atoms with Gasteiger partial charge in [0, 0.05) is 25.5 Å². The van der Waals surface area contributed by atoms with Gasteiger partial charge in [-0.25, -0.2) is 0 Å². The van der Waals surface area contributed by atoms with Gasteiger partial charge in [0.05, 0.1) is 0 Å². The molecule has 2 amide bonds. The molecule has 22 heavy (non-hydrogen) atoms. The maximum absolute atomic E-state index is 11.7. The predicted molar refractivity (Wildman–Crippen MR) is 83.7 cm³/mol. The molecule has 0 saturated carbocycles. The summed E-state index contributed by atoms with van der Waals surface area (Å²) in [7, 11) is 0. The molecule has 2 rings (SSSR count). The number of carbonyl (C=O) groups excluding carboxylic acids is 2. The maximum atomic E-state index is 11.7. The lowest BCUT2D eigenvalue weighted by Crippen LogP contribution is -2.31. The Morgan fingerprint density at radius 2 is 1.68 bits per heavy atom. The highest BCUT2D eigenvalue weighted by Crippen LogP contribution is 2.03. The average molecular weight is 297 g/mol. The van der Waals surface area contributed by atoms with Crippen molar-refractivity contribution < 1.29 is 9.59 Å². The van der Waals surface area contributed by atoms with Gasteiger partial charge in [0.2, 0.25) is 11.8 Å². The minimum Gasteiger partial charge on any atom is -0.352 e. The lowest BCUT2D eigenvalue weighted by Gasteiger charge is -2.07. The fourth-order valence-corrected chi connectivity index (χ4v) is 2.00. The fourth-order valence-electron chi connectivity index (χ4n) is 2.00. The highest BCUT2D eigenvalue weighted by Gasteiger charge is 2.08. The molecule has 0 atom stereocenters. The molecule has 1 aromatic heterocycles. The van der Waals surface area contributed by atoms with Gasteiger partial charge in [0.15, 0.2) is 0 Å². The standard InChI is InChI=1S/C17H19N3O2/c1-13-4-2-5-14(8-13)11-19-16(21)9-17(22)20-12-15-6-3-7-18-10-15/h2-8,10H,9,11-12H2,1H3,(H,19,21)(H,20,22). The van der Waals surface area contributed by atoms with E-state index in [2.05, 4.69) is 15.6 Å². The van der Waals surface area contributed by atoms with E-state index in [1.165, 1.54) is 0 Å². The van der Waals surface area contributed by atoms with Crippen LogP contribution in [0.1, 0.15) is 23.1 Å². The van der Waals surface area contributed by atoms with E-state index in [-0.39, 0.29) is 18.2 Å².